The summed E-state index contributed by atoms with van der Waals surface area (Å²) < 4.78 is 50.5. The van der Waals surface area contributed by atoms with E-state index in [1.54, 1.807) is 36.4 Å². The zero-order chi connectivity index (χ0) is 36.8. The van der Waals surface area contributed by atoms with Crippen molar-refractivity contribution in [3.63, 3.8) is 0 Å². The van der Waals surface area contributed by atoms with Crippen molar-refractivity contribution in [3.8, 4) is 62.9 Å². The molecule has 0 radical (unpaired) electrons. The van der Waals surface area contributed by atoms with E-state index in [1.165, 1.54) is 0 Å². The molecule has 0 heterocycles. The summed E-state index contributed by atoms with van der Waals surface area (Å²) in [6.45, 7) is 0. The molecule has 0 amide bonds. The van der Waals surface area contributed by atoms with Crippen molar-refractivity contribution in [1.82, 2.24) is 0 Å². The summed E-state index contributed by atoms with van der Waals surface area (Å²) >= 11 is 0. The van der Waals surface area contributed by atoms with E-state index < -0.39 is 26.2 Å². The molecule has 0 bridgehead atoms. The van der Waals surface area contributed by atoms with Gasteiger partial charge in [0.1, 0.15) is 51.7 Å². The molecule has 0 aliphatic heterocycles. The zero-order valence-electron chi connectivity index (χ0n) is 28.5. The molecule has 1 N–H and O–H groups in total. The Hall–Kier alpha value is -5.97. The molecule has 1 unspecified atom stereocenters. The summed E-state index contributed by atoms with van der Waals surface area (Å²) in [6, 6.07) is 56.4. The van der Waals surface area contributed by atoms with Crippen molar-refractivity contribution >= 4 is 26.2 Å². The Labute approximate surface area is 317 Å². The summed E-state index contributed by atoms with van der Waals surface area (Å²) in [5.74, 6) is 3.51. The van der Waals surface area contributed by atoms with Crippen LogP contribution in [0, 0.1) is 0 Å². The summed E-state index contributed by atoms with van der Waals surface area (Å²) in [6.07, 6.45) is 0. The summed E-state index contributed by atoms with van der Waals surface area (Å²) in [4.78, 5) is 0. The lowest BCUT2D eigenvalue weighted by Crippen LogP contribution is -2.06. The average Bonchev–Trinajstić information content (AvgIpc) is 3.20. The van der Waals surface area contributed by atoms with E-state index in [0.717, 1.165) is 0 Å². The number of phenolic OH excluding ortho intramolecular Hbond substituents is 1. The van der Waals surface area contributed by atoms with Crippen LogP contribution in [-0.2, 0) is 0 Å². The number of rotatable bonds is 17. The van der Waals surface area contributed by atoms with Crippen LogP contribution < -0.4 is 36.2 Å². The molecule has 54 heavy (non-hydrogen) atoms. The first-order chi connectivity index (χ1) is 26.7. The number of benzene rings is 7. The number of aromatic hydroxyl groups is 1. The van der Waals surface area contributed by atoms with Crippen molar-refractivity contribution in [3.05, 3.63) is 188 Å². The monoisotopic (exact) mass is 774 g/mol. The van der Waals surface area contributed by atoms with Crippen LogP contribution in [0.25, 0.3) is 11.1 Å². The first-order valence-electron chi connectivity index (χ1n) is 16.7. The van der Waals surface area contributed by atoms with Gasteiger partial charge >= 0.3 is 17.2 Å². The predicted molar refractivity (Wildman–Crippen MR) is 213 cm³/mol. The lowest BCUT2D eigenvalue weighted by molar-refractivity contribution is 0.382. The molecule has 7 aromatic rings. The quantitative estimate of drug-likeness (QED) is 0.0907. The Kier molecular flexibility index (Phi) is 12.6. The van der Waals surface area contributed by atoms with E-state index in [9.17, 15) is 5.11 Å². The smallest absolute Gasteiger partial charge is 0.507 e. The minimum absolute atomic E-state index is 0.104. The SMILES string of the molecule is Oc1cccc(OPOc2ccccc2)c1-c1c(OP(Oc2ccccc2)Oc2ccccc2)cccc1OP(Oc1ccccc1)Oc1ccccc1. The van der Waals surface area contributed by atoms with E-state index in [4.69, 9.17) is 36.2 Å². The minimum Gasteiger partial charge on any atom is -0.507 e. The molecule has 0 spiro atoms. The number of para-hydroxylation sites is 5. The fraction of sp³-hybridized carbons (Fsp3) is 0. The van der Waals surface area contributed by atoms with E-state index in [-0.39, 0.29) is 22.8 Å². The second-order valence-corrected chi connectivity index (χ2v) is 13.7. The molecular formula is C42H33O9P3. The molecule has 7 aromatic carbocycles. The molecule has 0 saturated heterocycles. The molecule has 0 fully saturated rings. The van der Waals surface area contributed by atoms with Gasteiger partial charge in [-0.2, -0.15) is 0 Å². The van der Waals surface area contributed by atoms with Gasteiger partial charge in [-0.25, -0.2) is 0 Å². The highest BCUT2D eigenvalue weighted by atomic mass is 31.2. The Morgan fingerprint density at radius 2 is 0.667 bits per heavy atom. The lowest BCUT2D eigenvalue weighted by atomic mass is 10.0. The standard InChI is InChI=1S/C42H33O9P3/c43-37-28-16-29-38(45-52-44-32-18-6-1-7-19-32)41(37)42-39(50-53(46-33-20-8-2-9-21-33)47-34-22-10-3-11-23-34)30-17-31-40(42)51-54(48-35-24-12-4-13-25-35)49-36-26-14-5-15-27-36/h1-31,43,52H. The Morgan fingerprint density at radius 3 is 1.07 bits per heavy atom. The van der Waals surface area contributed by atoms with Crippen molar-refractivity contribution < 1.29 is 41.3 Å². The van der Waals surface area contributed by atoms with Crippen LogP contribution in [0.1, 0.15) is 0 Å². The number of hydrogen-bond acceptors (Lipinski definition) is 9. The fourth-order valence-corrected chi connectivity index (χ4v) is 7.47. The van der Waals surface area contributed by atoms with Crippen molar-refractivity contribution in [2.24, 2.45) is 0 Å². The van der Waals surface area contributed by atoms with Gasteiger partial charge in [-0.1, -0.05) is 103 Å². The molecule has 270 valence electrons. The molecule has 12 heteroatoms. The molecular weight excluding hydrogens is 741 g/mol. The minimum atomic E-state index is -2.13. The van der Waals surface area contributed by atoms with Gasteiger partial charge < -0.3 is 41.3 Å². The molecule has 0 aliphatic carbocycles. The highest BCUT2D eigenvalue weighted by Crippen LogP contribution is 2.55. The van der Waals surface area contributed by atoms with E-state index in [1.807, 2.05) is 152 Å². The van der Waals surface area contributed by atoms with E-state index >= 15 is 0 Å². The Balaban J connectivity index is 1.30. The van der Waals surface area contributed by atoms with Gasteiger partial charge in [-0.05, 0) is 84.9 Å². The van der Waals surface area contributed by atoms with Gasteiger partial charge in [0.2, 0.25) is 0 Å². The second kappa shape index (κ2) is 18.7. The number of phenols is 1. The highest BCUT2D eigenvalue weighted by molar-refractivity contribution is 7.43. The Morgan fingerprint density at radius 1 is 0.315 bits per heavy atom. The summed E-state index contributed by atoms with van der Waals surface area (Å²) in [5.41, 5.74) is 0.604. The topological polar surface area (TPSA) is 94.1 Å². The maximum absolute atomic E-state index is 11.6. The largest absolute Gasteiger partial charge is 0.530 e. The molecule has 9 nitrogen and oxygen atoms in total. The zero-order valence-corrected chi connectivity index (χ0v) is 31.3. The molecule has 1 atom stereocenters. The summed E-state index contributed by atoms with van der Waals surface area (Å²) in [7, 11) is -4.70. The third-order valence-electron chi connectivity index (χ3n) is 7.33. The second-order valence-electron chi connectivity index (χ2n) is 11.1. The van der Waals surface area contributed by atoms with Crippen molar-refractivity contribution in [2.45, 2.75) is 0 Å². The van der Waals surface area contributed by atoms with Crippen molar-refractivity contribution in [2.75, 3.05) is 0 Å². The van der Waals surface area contributed by atoms with Crippen LogP contribution in [0.2, 0.25) is 0 Å². The highest BCUT2D eigenvalue weighted by Gasteiger charge is 2.30. The predicted octanol–water partition coefficient (Wildman–Crippen LogP) is 12.6. The van der Waals surface area contributed by atoms with Gasteiger partial charge in [0.05, 0.1) is 11.1 Å². The third kappa shape index (κ3) is 10.1. The Bertz CT molecular complexity index is 1990. The van der Waals surface area contributed by atoms with Crippen LogP contribution in [-0.4, -0.2) is 5.11 Å². The molecule has 7 rings (SSSR count). The van der Waals surface area contributed by atoms with Gasteiger partial charge in [0.25, 0.3) is 9.03 Å². The van der Waals surface area contributed by atoms with Crippen LogP contribution in [0.5, 0.6) is 51.7 Å². The van der Waals surface area contributed by atoms with E-state index in [0.29, 0.717) is 40.1 Å². The van der Waals surface area contributed by atoms with Crippen molar-refractivity contribution in [1.29, 1.82) is 0 Å². The summed E-state index contributed by atoms with van der Waals surface area (Å²) in [5, 5.41) is 11.6. The third-order valence-corrected chi connectivity index (χ3v) is 10.1. The van der Waals surface area contributed by atoms with Crippen LogP contribution in [0.3, 0.4) is 0 Å². The van der Waals surface area contributed by atoms with Gasteiger partial charge in [0, 0.05) is 0 Å². The fourth-order valence-electron chi connectivity index (χ4n) is 4.91. The van der Waals surface area contributed by atoms with Crippen LogP contribution >= 0.6 is 26.2 Å². The molecule has 0 aliphatic rings. The molecule has 0 saturated carbocycles. The maximum atomic E-state index is 11.6. The lowest BCUT2D eigenvalue weighted by Gasteiger charge is -2.23. The number of hydrogen-bond donors (Lipinski definition) is 1. The van der Waals surface area contributed by atoms with Gasteiger partial charge in [-0.15, -0.1) is 0 Å². The van der Waals surface area contributed by atoms with Gasteiger partial charge in [0.15, 0.2) is 0 Å². The molecule has 0 aromatic heterocycles. The van der Waals surface area contributed by atoms with Gasteiger partial charge in [-0.3, -0.25) is 0 Å². The first kappa shape index (κ1) is 36.4. The van der Waals surface area contributed by atoms with Crippen LogP contribution in [0.4, 0.5) is 0 Å². The van der Waals surface area contributed by atoms with Crippen LogP contribution in [0.15, 0.2) is 188 Å². The van der Waals surface area contributed by atoms with E-state index in [2.05, 4.69) is 0 Å². The normalized spacial score (nSPS) is 10.9. The average molecular weight is 775 g/mol. The first-order valence-corrected chi connectivity index (χ1v) is 19.7. The maximum Gasteiger partial charge on any atom is 0.530 e.